The van der Waals surface area contributed by atoms with Gasteiger partial charge in [-0.05, 0) is 56.8 Å². The fourth-order valence-corrected chi connectivity index (χ4v) is 4.69. The van der Waals surface area contributed by atoms with E-state index in [1.165, 1.54) is 30.8 Å². The fourth-order valence-electron chi connectivity index (χ4n) is 2.45. The molecule has 1 aliphatic rings. The van der Waals surface area contributed by atoms with Gasteiger partial charge in [0.1, 0.15) is 0 Å². The minimum Gasteiger partial charge on any atom is -0.329 e. The summed E-state index contributed by atoms with van der Waals surface area (Å²) in [6.07, 6.45) is 2.60. The van der Waals surface area contributed by atoms with Crippen LogP contribution in [0, 0.1) is 5.92 Å². The van der Waals surface area contributed by atoms with E-state index in [1.54, 1.807) is 11.3 Å². The Balaban J connectivity index is 2.11. The second kappa shape index (κ2) is 6.15. The van der Waals surface area contributed by atoms with Crippen molar-refractivity contribution < 1.29 is 0 Å². The lowest BCUT2D eigenvalue weighted by Gasteiger charge is -2.25. The number of hydrogen-bond donors (Lipinski definition) is 1. The molecule has 1 aliphatic heterocycles. The molecule has 1 saturated heterocycles. The van der Waals surface area contributed by atoms with E-state index in [4.69, 9.17) is 5.73 Å². The van der Waals surface area contributed by atoms with Gasteiger partial charge < -0.3 is 5.73 Å². The zero-order valence-electron chi connectivity index (χ0n) is 9.96. The van der Waals surface area contributed by atoms with Gasteiger partial charge >= 0.3 is 0 Å². The van der Waals surface area contributed by atoms with Crippen LogP contribution in [0.15, 0.2) is 14.3 Å². The molecule has 0 aromatic carbocycles. The molecule has 0 bridgehead atoms. The Kier molecular flexibility index (Phi) is 5.06. The highest BCUT2D eigenvalue weighted by Gasteiger charge is 2.28. The SMILES string of the molecule is CCC1CCN(C(CN)c2cc(Br)c(Br)s2)C1. The summed E-state index contributed by atoms with van der Waals surface area (Å²) < 4.78 is 2.30. The number of thiophene rings is 1. The van der Waals surface area contributed by atoms with Gasteiger partial charge in [0.2, 0.25) is 0 Å². The molecule has 5 heteroatoms. The molecule has 1 fully saturated rings. The molecular formula is C12H18Br2N2S. The fraction of sp³-hybridized carbons (Fsp3) is 0.667. The lowest BCUT2D eigenvalue weighted by atomic mass is 10.1. The Morgan fingerprint density at radius 3 is 2.82 bits per heavy atom. The third-order valence-electron chi connectivity index (χ3n) is 3.55. The van der Waals surface area contributed by atoms with Gasteiger partial charge in [-0.3, -0.25) is 4.90 Å². The van der Waals surface area contributed by atoms with Crippen LogP contribution >= 0.6 is 43.2 Å². The van der Waals surface area contributed by atoms with Crippen molar-refractivity contribution in [1.29, 1.82) is 0 Å². The van der Waals surface area contributed by atoms with E-state index in [0.717, 1.165) is 14.2 Å². The Morgan fingerprint density at radius 1 is 1.59 bits per heavy atom. The maximum Gasteiger partial charge on any atom is 0.0843 e. The summed E-state index contributed by atoms with van der Waals surface area (Å²) in [6.45, 7) is 5.37. The molecule has 96 valence electrons. The monoisotopic (exact) mass is 380 g/mol. The quantitative estimate of drug-likeness (QED) is 0.853. The van der Waals surface area contributed by atoms with E-state index in [0.29, 0.717) is 12.6 Å². The summed E-state index contributed by atoms with van der Waals surface area (Å²) in [5.74, 6) is 0.857. The maximum atomic E-state index is 5.97. The third-order valence-corrected chi connectivity index (χ3v) is 6.91. The highest BCUT2D eigenvalue weighted by atomic mass is 79.9. The topological polar surface area (TPSA) is 29.3 Å². The average Bonchev–Trinajstić information content (AvgIpc) is 2.89. The Hall–Kier alpha value is 0.580. The van der Waals surface area contributed by atoms with E-state index < -0.39 is 0 Å². The van der Waals surface area contributed by atoms with Crippen LogP contribution in [-0.4, -0.2) is 24.5 Å². The lowest BCUT2D eigenvalue weighted by molar-refractivity contribution is 0.244. The third kappa shape index (κ3) is 3.13. The summed E-state index contributed by atoms with van der Waals surface area (Å²) >= 11 is 8.90. The minimum absolute atomic E-state index is 0.388. The van der Waals surface area contributed by atoms with Crippen molar-refractivity contribution >= 4 is 43.2 Å². The molecule has 17 heavy (non-hydrogen) atoms. The van der Waals surface area contributed by atoms with Crippen molar-refractivity contribution in [2.75, 3.05) is 19.6 Å². The first-order valence-corrected chi connectivity index (χ1v) is 8.44. The first-order chi connectivity index (χ1) is 8.15. The summed E-state index contributed by atoms with van der Waals surface area (Å²) in [7, 11) is 0. The molecular weight excluding hydrogens is 364 g/mol. The van der Waals surface area contributed by atoms with E-state index in [-0.39, 0.29) is 0 Å². The van der Waals surface area contributed by atoms with E-state index in [1.807, 2.05) is 0 Å². The smallest absolute Gasteiger partial charge is 0.0843 e. The second-order valence-corrected chi connectivity index (χ2v) is 7.84. The maximum absolute atomic E-state index is 5.97. The number of rotatable bonds is 4. The first-order valence-electron chi connectivity index (χ1n) is 6.04. The number of hydrogen-bond acceptors (Lipinski definition) is 3. The number of halogens is 2. The Bertz CT molecular complexity index is 361. The molecule has 2 N–H and O–H groups in total. The van der Waals surface area contributed by atoms with Crippen molar-refractivity contribution in [2.24, 2.45) is 11.7 Å². The van der Waals surface area contributed by atoms with Crippen molar-refractivity contribution in [3.63, 3.8) is 0 Å². The van der Waals surface area contributed by atoms with E-state index in [2.05, 4.69) is 49.7 Å². The Labute approximate surface area is 124 Å². The molecule has 0 amide bonds. The van der Waals surface area contributed by atoms with Crippen LogP contribution in [0.4, 0.5) is 0 Å². The van der Waals surface area contributed by atoms with Gasteiger partial charge in [0, 0.05) is 22.4 Å². The molecule has 0 spiro atoms. The zero-order chi connectivity index (χ0) is 12.4. The van der Waals surface area contributed by atoms with Crippen LogP contribution in [0.25, 0.3) is 0 Å². The van der Waals surface area contributed by atoms with Crippen LogP contribution in [0.5, 0.6) is 0 Å². The zero-order valence-corrected chi connectivity index (χ0v) is 13.9. The molecule has 0 aliphatic carbocycles. The Morgan fingerprint density at radius 2 is 2.35 bits per heavy atom. The molecule has 1 aromatic heterocycles. The molecule has 2 atom stereocenters. The normalized spacial score (nSPS) is 23.2. The van der Waals surface area contributed by atoms with E-state index >= 15 is 0 Å². The highest BCUT2D eigenvalue weighted by Crippen LogP contribution is 2.38. The molecule has 2 rings (SSSR count). The number of likely N-dealkylation sites (tertiary alicyclic amines) is 1. The predicted molar refractivity (Wildman–Crippen MR) is 81.5 cm³/mol. The average molecular weight is 382 g/mol. The number of nitrogens with two attached hydrogens (primary N) is 1. The van der Waals surface area contributed by atoms with Gasteiger partial charge in [0.15, 0.2) is 0 Å². The first kappa shape index (κ1) is 14.0. The number of nitrogens with zero attached hydrogens (tertiary/aromatic N) is 1. The van der Waals surface area contributed by atoms with Crippen molar-refractivity contribution in [1.82, 2.24) is 4.90 Å². The molecule has 0 saturated carbocycles. The lowest BCUT2D eigenvalue weighted by Crippen LogP contribution is -2.31. The van der Waals surface area contributed by atoms with Gasteiger partial charge in [-0.25, -0.2) is 0 Å². The van der Waals surface area contributed by atoms with Crippen molar-refractivity contribution in [3.05, 3.63) is 19.2 Å². The van der Waals surface area contributed by atoms with Crippen molar-refractivity contribution in [3.8, 4) is 0 Å². The van der Waals surface area contributed by atoms with Crippen LogP contribution < -0.4 is 5.73 Å². The van der Waals surface area contributed by atoms with Gasteiger partial charge in [0.05, 0.1) is 9.83 Å². The van der Waals surface area contributed by atoms with Crippen molar-refractivity contribution in [2.45, 2.75) is 25.8 Å². The summed E-state index contributed by atoms with van der Waals surface area (Å²) in [5.41, 5.74) is 5.97. The molecule has 0 radical (unpaired) electrons. The van der Waals surface area contributed by atoms with Gasteiger partial charge in [0.25, 0.3) is 0 Å². The standard InChI is InChI=1S/C12H18Br2N2S/c1-2-8-3-4-16(7-8)10(6-15)11-5-9(13)12(14)17-11/h5,8,10H,2-4,6-7,15H2,1H3. The minimum atomic E-state index is 0.388. The largest absolute Gasteiger partial charge is 0.329 e. The molecule has 2 heterocycles. The predicted octanol–water partition coefficient (Wildman–Crippen LogP) is 4.00. The van der Waals surface area contributed by atoms with Gasteiger partial charge in [-0.2, -0.15) is 0 Å². The second-order valence-electron chi connectivity index (χ2n) is 4.58. The van der Waals surface area contributed by atoms with Gasteiger partial charge in [-0.15, -0.1) is 11.3 Å². The molecule has 2 nitrogen and oxygen atoms in total. The van der Waals surface area contributed by atoms with Crippen LogP contribution in [0.2, 0.25) is 0 Å². The van der Waals surface area contributed by atoms with Gasteiger partial charge in [-0.1, -0.05) is 13.3 Å². The van der Waals surface area contributed by atoms with Crippen LogP contribution in [-0.2, 0) is 0 Å². The van der Waals surface area contributed by atoms with E-state index in [9.17, 15) is 0 Å². The van der Waals surface area contributed by atoms with Crippen LogP contribution in [0.3, 0.4) is 0 Å². The molecule has 1 aromatic rings. The summed E-state index contributed by atoms with van der Waals surface area (Å²) in [6, 6.07) is 2.59. The highest BCUT2D eigenvalue weighted by molar-refractivity contribution is 9.13. The summed E-state index contributed by atoms with van der Waals surface area (Å²) in [5, 5.41) is 0. The van der Waals surface area contributed by atoms with Crippen LogP contribution in [0.1, 0.15) is 30.7 Å². The molecule has 2 unspecified atom stereocenters. The summed E-state index contributed by atoms with van der Waals surface area (Å²) in [4.78, 5) is 3.90.